The van der Waals surface area contributed by atoms with E-state index in [-0.39, 0.29) is 6.61 Å². The Balaban J connectivity index is 2.70. The zero-order valence-electron chi connectivity index (χ0n) is 5.99. The third kappa shape index (κ3) is 1.33. The van der Waals surface area contributed by atoms with Crippen LogP contribution in [0.5, 0.6) is 0 Å². The van der Waals surface area contributed by atoms with Crippen molar-refractivity contribution in [3.63, 3.8) is 0 Å². The Morgan fingerprint density at radius 2 is 2.50 bits per heavy atom. The van der Waals surface area contributed by atoms with Gasteiger partial charge in [-0.05, 0) is 0 Å². The Morgan fingerprint density at radius 3 is 3.10 bits per heavy atom. The molecule has 4 nitrogen and oxygen atoms in total. The molecular formula is C6H11N3O. The second-order valence-electron chi connectivity index (χ2n) is 1.98. The second-order valence-corrected chi connectivity index (χ2v) is 1.98. The van der Waals surface area contributed by atoms with Gasteiger partial charge in [0.2, 0.25) is 0 Å². The van der Waals surface area contributed by atoms with Crippen LogP contribution >= 0.6 is 0 Å². The molecule has 0 bridgehead atoms. The van der Waals surface area contributed by atoms with Gasteiger partial charge in [0.25, 0.3) is 0 Å². The van der Waals surface area contributed by atoms with Crippen LogP contribution in [0.2, 0.25) is 0 Å². The van der Waals surface area contributed by atoms with Gasteiger partial charge in [0.05, 0.1) is 13.2 Å². The molecule has 1 heterocycles. The maximum absolute atomic E-state index is 8.57. The Kier molecular flexibility index (Phi) is 2.39. The van der Waals surface area contributed by atoms with Gasteiger partial charge >= 0.3 is 0 Å². The quantitative estimate of drug-likeness (QED) is 0.636. The highest BCUT2D eigenvalue weighted by Crippen LogP contribution is 1.92. The van der Waals surface area contributed by atoms with E-state index >= 15 is 0 Å². The molecule has 56 valence electrons. The lowest BCUT2D eigenvalue weighted by atomic mass is 10.4. The van der Waals surface area contributed by atoms with Crippen molar-refractivity contribution in [3.05, 3.63) is 12.2 Å². The molecule has 1 aromatic heterocycles. The van der Waals surface area contributed by atoms with E-state index in [1.165, 1.54) is 6.33 Å². The molecule has 0 aliphatic heterocycles. The van der Waals surface area contributed by atoms with Gasteiger partial charge in [-0.1, -0.05) is 6.92 Å². The average molecular weight is 141 g/mol. The number of aryl methyl sites for hydroxylation is 1. The van der Waals surface area contributed by atoms with Crippen LogP contribution in [0.4, 0.5) is 0 Å². The van der Waals surface area contributed by atoms with Crippen molar-refractivity contribution in [1.29, 1.82) is 0 Å². The molecule has 1 N–H and O–H groups in total. The molecule has 0 amide bonds. The van der Waals surface area contributed by atoms with Gasteiger partial charge in [-0.15, -0.1) is 0 Å². The van der Waals surface area contributed by atoms with Crippen molar-refractivity contribution in [3.8, 4) is 0 Å². The fourth-order valence-corrected chi connectivity index (χ4v) is 0.843. The zero-order valence-corrected chi connectivity index (χ0v) is 5.99. The standard InChI is InChI=1S/C6H11N3O/c1-2-6-7-5-8-9(6)3-4-10/h5,10H,2-4H2,1H3. The minimum absolute atomic E-state index is 0.121. The molecule has 0 unspecified atom stereocenters. The minimum atomic E-state index is 0.121. The summed E-state index contributed by atoms with van der Waals surface area (Å²) in [6, 6.07) is 0. The molecule has 0 aromatic carbocycles. The maximum Gasteiger partial charge on any atom is 0.138 e. The van der Waals surface area contributed by atoms with Crippen LogP contribution in [0.25, 0.3) is 0 Å². The highest BCUT2D eigenvalue weighted by atomic mass is 16.3. The highest BCUT2D eigenvalue weighted by molar-refractivity contribution is 4.82. The summed E-state index contributed by atoms with van der Waals surface area (Å²) in [5.41, 5.74) is 0. The summed E-state index contributed by atoms with van der Waals surface area (Å²) in [6.45, 7) is 2.68. The molecule has 1 rings (SSSR count). The molecule has 4 heteroatoms. The first-order valence-electron chi connectivity index (χ1n) is 3.36. The molecule has 0 saturated carbocycles. The molecule has 0 fully saturated rings. The molecule has 0 aliphatic rings. The summed E-state index contributed by atoms with van der Waals surface area (Å²) in [6.07, 6.45) is 2.37. The summed E-state index contributed by atoms with van der Waals surface area (Å²) in [5, 5.41) is 12.5. The van der Waals surface area contributed by atoms with E-state index in [1.54, 1.807) is 4.68 Å². The Morgan fingerprint density at radius 1 is 1.70 bits per heavy atom. The van der Waals surface area contributed by atoms with Gasteiger partial charge in [-0.3, -0.25) is 0 Å². The van der Waals surface area contributed by atoms with Crippen molar-refractivity contribution >= 4 is 0 Å². The number of aliphatic hydroxyl groups is 1. The van der Waals surface area contributed by atoms with E-state index in [1.807, 2.05) is 6.92 Å². The molecule has 0 atom stereocenters. The molecular weight excluding hydrogens is 130 g/mol. The van der Waals surface area contributed by atoms with Crippen LogP contribution in [0.1, 0.15) is 12.7 Å². The third-order valence-corrected chi connectivity index (χ3v) is 1.32. The predicted octanol–water partition coefficient (Wildman–Crippen LogP) is -0.167. The van der Waals surface area contributed by atoms with Crippen LogP contribution in [-0.2, 0) is 13.0 Å². The summed E-state index contributed by atoms with van der Waals surface area (Å²) in [7, 11) is 0. The zero-order chi connectivity index (χ0) is 7.40. The highest BCUT2D eigenvalue weighted by Gasteiger charge is 1.98. The van der Waals surface area contributed by atoms with E-state index in [2.05, 4.69) is 10.1 Å². The van der Waals surface area contributed by atoms with Crippen LogP contribution < -0.4 is 0 Å². The molecule has 0 aliphatic carbocycles. The molecule has 1 aromatic rings. The van der Waals surface area contributed by atoms with Crippen molar-refractivity contribution in [2.24, 2.45) is 0 Å². The van der Waals surface area contributed by atoms with Gasteiger partial charge < -0.3 is 5.11 Å². The topological polar surface area (TPSA) is 50.9 Å². The first-order valence-corrected chi connectivity index (χ1v) is 3.36. The van der Waals surface area contributed by atoms with E-state index in [4.69, 9.17) is 5.11 Å². The lowest BCUT2D eigenvalue weighted by Crippen LogP contribution is -2.07. The van der Waals surface area contributed by atoms with Crippen molar-refractivity contribution in [2.75, 3.05) is 6.61 Å². The number of rotatable bonds is 3. The number of aromatic nitrogens is 3. The fourth-order valence-electron chi connectivity index (χ4n) is 0.843. The van der Waals surface area contributed by atoms with Crippen molar-refractivity contribution < 1.29 is 5.11 Å². The lowest BCUT2D eigenvalue weighted by molar-refractivity contribution is 0.267. The number of hydrogen-bond acceptors (Lipinski definition) is 3. The maximum atomic E-state index is 8.57. The first kappa shape index (κ1) is 7.21. The van der Waals surface area contributed by atoms with Gasteiger partial charge in [0, 0.05) is 6.42 Å². The van der Waals surface area contributed by atoms with Crippen molar-refractivity contribution in [1.82, 2.24) is 14.8 Å². The van der Waals surface area contributed by atoms with Crippen molar-refractivity contribution in [2.45, 2.75) is 19.9 Å². The fraction of sp³-hybridized carbons (Fsp3) is 0.667. The van der Waals surface area contributed by atoms with E-state index < -0.39 is 0 Å². The van der Waals surface area contributed by atoms with E-state index in [0.717, 1.165) is 12.2 Å². The number of nitrogens with zero attached hydrogens (tertiary/aromatic N) is 3. The summed E-state index contributed by atoms with van der Waals surface area (Å²) < 4.78 is 1.71. The van der Waals surface area contributed by atoms with Crippen LogP contribution in [0, 0.1) is 0 Å². The Bertz CT molecular complexity index is 197. The van der Waals surface area contributed by atoms with Gasteiger partial charge in [0.1, 0.15) is 12.2 Å². The SMILES string of the molecule is CCc1ncnn1CCO. The monoisotopic (exact) mass is 141 g/mol. The van der Waals surface area contributed by atoms with E-state index in [9.17, 15) is 0 Å². The number of aliphatic hydroxyl groups excluding tert-OH is 1. The van der Waals surface area contributed by atoms with Gasteiger partial charge in [0.15, 0.2) is 0 Å². The average Bonchev–Trinajstić information content (AvgIpc) is 2.36. The smallest absolute Gasteiger partial charge is 0.138 e. The molecule has 0 spiro atoms. The Labute approximate surface area is 59.5 Å². The number of hydrogen-bond donors (Lipinski definition) is 1. The van der Waals surface area contributed by atoms with Crippen LogP contribution in [0.3, 0.4) is 0 Å². The van der Waals surface area contributed by atoms with Gasteiger partial charge in [-0.2, -0.15) is 5.10 Å². The normalized spacial score (nSPS) is 10.2. The minimum Gasteiger partial charge on any atom is -0.394 e. The first-order chi connectivity index (χ1) is 4.88. The van der Waals surface area contributed by atoms with Crippen LogP contribution in [-0.4, -0.2) is 26.5 Å². The summed E-state index contributed by atoms with van der Waals surface area (Å²) in [5.74, 6) is 0.925. The largest absolute Gasteiger partial charge is 0.394 e. The van der Waals surface area contributed by atoms with E-state index in [0.29, 0.717) is 6.54 Å². The lowest BCUT2D eigenvalue weighted by Gasteiger charge is -1.99. The summed E-state index contributed by atoms with van der Waals surface area (Å²) >= 11 is 0. The Hall–Kier alpha value is -0.900. The van der Waals surface area contributed by atoms with Gasteiger partial charge in [-0.25, -0.2) is 9.67 Å². The third-order valence-electron chi connectivity index (χ3n) is 1.32. The second kappa shape index (κ2) is 3.31. The molecule has 10 heavy (non-hydrogen) atoms. The molecule has 0 saturated heterocycles. The molecule has 0 radical (unpaired) electrons. The summed E-state index contributed by atoms with van der Waals surface area (Å²) in [4.78, 5) is 3.99. The predicted molar refractivity (Wildman–Crippen MR) is 36.5 cm³/mol. The van der Waals surface area contributed by atoms with Crippen LogP contribution in [0.15, 0.2) is 6.33 Å².